The van der Waals surface area contributed by atoms with Crippen molar-refractivity contribution in [2.75, 3.05) is 59.6 Å². The highest BCUT2D eigenvalue weighted by molar-refractivity contribution is 5.79. The predicted octanol–water partition coefficient (Wildman–Crippen LogP) is 3.37. The smallest absolute Gasteiger partial charge is 0.227 e. The van der Waals surface area contributed by atoms with Gasteiger partial charge in [-0.05, 0) is 43.0 Å². The minimum absolute atomic E-state index is 0.206. The first-order valence-electron chi connectivity index (χ1n) is 12.6. The molecule has 2 heterocycles. The number of nitrogens with zero attached hydrogens (tertiary/aromatic N) is 3. The van der Waals surface area contributed by atoms with Crippen LogP contribution in [0.15, 0.2) is 48.5 Å². The summed E-state index contributed by atoms with van der Waals surface area (Å²) in [6, 6.07) is 16.7. The minimum atomic E-state index is 0.206. The predicted molar refractivity (Wildman–Crippen MR) is 135 cm³/mol. The second-order valence-electron chi connectivity index (χ2n) is 9.56. The minimum Gasteiger partial charge on any atom is -0.497 e. The van der Waals surface area contributed by atoms with Crippen molar-refractivity contribution in [3.63, 3.8) is 0 Å². The van der Waals surface area contributed by atoms with E-state index in [2.05, 4.69) is 45.9 Å². The molecule has 6 heteroatoms. The average molecular weight is 466 g/mol. The molecule has 2 aromatic rings. The molecule has 34 heavy (non-hydrogen) atoms. The van der Waals surface area contributed by atoms with Gasteiger partial charge in [0.1, 0.15) is 5.75 Å². The summed E-state index contributed by atoms with van der Waals surface area (Å²) >= 11 is 0. The molecule has 2 aliphatic rings. The molecule has 0 N–H and O–H groups in total. The molecule has 0 saturated carbocycles. The molecule has 2 aromatic carbocycles. The third-order valence-corrected chi connectivity index (χ3v) is 7.14. The number of carbonyl (C=O) groups excluding carboxylic acids is 1. The maximum absolute atomic E-state index is 13.5. The van der Waals surface area contributed by atoms with Gasteiger partial charge in [0.25, 0.3) is 0 Å². The van der Waals surface area contributed by atoms with Crippen LogP contribution < -0.4 is 4.74 Å². The van der Waals surface area contributed by atoms with Crippen LogP contribution in [0.4, 0.5) is 0 Å². The van der Waals surface area contributed by atoms with Crippen molar-refractivity contribution in [3.8, 4) is 5.75 Å². The summed E-state index contributed by atoms with van der Waals surface area (Å²) in [7, 11) is 1.66. The van der Waals surface area contributed by atoms with E-state index in [0.29, 0.717) is 13.0 Å². The zero-order valence-corrected chi connectivity index (χ0v) is 20.7. The first-order valence-corrected chi connectivity index (χ1v) is 12.6. The van der Waals surface area contributed by atoms with Crippen LogP contribution in [0.25, 0.3) is 0 Å². The Kier molecular flexibility index (Phi) is 8.97. The normalized spacial score (nSPS) is 18.1. The molecule has 0 bridgehead atoms. The summed E-state index contributed by atoms with van der Waals surface area (Å²) < 4.78 is 10.7. The zero-order valence-electron chi connectivity index (χ0n) is 20.7. The molecule has 0 unspecified atom stereocenters. The molecule has 0 spiro atoms. The molecule has 6 nitrogen and oxygen atoms in total. The Balaban J connectivity index is 1.37. The number of benzene rings is 2. The fourth-order valence-electron chi connectivity index (χ4n) is 4.89. The molecule has 0 aliphatic carbocycles. The standard InChI is InChI=1S/C28H39N3O3/c1-23-3-5-25(6-4-23)22-31(28(32)21-24-7-9-27(33-2)10-8-24)26-11-13-29(14-12-26)15-16-30-17-19-34-20-18-30/h3-10,26H,11-22H2,1-2H3. The molecule has 0 radical (unpaired) electrons. The van der Waals surface area contributed by atoms with Gasteiger partial charge in [-0.3, -0.25) is 9.69 Å². The van der Waals surface area contributed by atoms with Gasteiger partial charge in [-0.1, -0.05) is 42.0 Å². The molecule has 0 atom stereocenters. The lowest BCUT2D eigenvalue weighted by molar-refractivity contribution is -0.134. The van der Waals surface area contributed by atoms with Gasteiger partial charge < -0.3 is 19.3 Å². The Labute approximate surface area is 204 Å². The Morgan fingerprint density at radius 1 is 0.912 bits per heavy atom. The van der Waals surface area contributed by atoms with E-state index in [1.54, 1.807) is 7.11 Å². The van der Waals surface area contributed by atoms with Crippen molar-refractivity contribution in [2.24, 2.45) is 0 Å². The lowest BCUT2D eigenvalue weighted by Crippen LogP contribution is -2.49. The highest BCUT2D eigenvalue weighted by atomic mass is 16.5. The Hall–Kier alpha value is -2.41. The number of hydrogen-bond donors (Lipinski definition) is 0. The molecular weight excluding hydrogens is 426 g/mol. The maximum Gasteiger partial charge on any atom is 0.227 e. The van der Waals surface area contributed by atoms with Crippen LogP contribution in [-0.4, -0.2) is 86.2 Å². The van der Waals surface area contributed by atoms with E-state index in [4.69, 9.17) is 9.47 Å². The number of amides is 1. The van der Waals surface area contributed by atoms with Gasteiger partial charge in [0.2, 0.25) is 5.91 Å². The quantitative estimate of drug-likeness (QED) is 0.568. The van der Waals surface area contributed by atoms with Crippen molar-refractivity contribution >= 4 is 5.91 Å². The summed E-state index contributed by atoms with van der Waals surface area (Å²) in [5.74, 6) is 1.02. The monoisotopic (exact) mass is 465 g/mol. The number of piperidine rings is 1. The molecule has 2 saturated heterocycles. The second kappa shape index (κ2) is 12.3. The van der Waals surface area contributed by atoms with Gasteiger partial charge in [-0.15, -0.1) is 0 Å². The highest BCUT2D eigenvalue weighted by Gasteiger charge is 2.28. The van der Waals surface area contributed by atoms with Crippen LogP contribution in [-0.2, 0) is 22.5 Å². The maximum atomic E-state index is 13.5. The summed E-state index contributed by atoms with van der Waals surface area (Å²) in [5, 5.41) is 0. The fourth-order valence-corrected chi connectivity index (χ4v) is 4.89. The van der Waals surface area contributed by atoms with Gasteiger partial charge >= 0.3 is 0 Å². The molecule has 4 rings (SSSR count). The van der Waals surface area contributed by atoms with Crippen LogP contribution in [0.2, 0.25) is 0 Å². The Morgan fingerprint density at radius 3 is 2.12 bits per heavy atom. The number of rotatable bonds is 9. The average Bonchev–Trinajstić information content (AvgIpc) is 2.88. The van der Waals surface area contributed by atoms with Gasteiger partial charge in [-0.25, -0.2) is 0 Å². The Bertz CT molecular complexity index is 886. The topological polar surface area (TPSA) is 45.2 Å². The third kappa shape index (κ3) is 7.05. The van der Waals surface area contributed by atoms with Crippen LogP contribution in [0.3, 0.4) is 0 Å². The second-order valence-corrected chi connectivity index (χ2v) is 9.56. The third-order valence-electron chi connectivity index (χ3n) is 7.14. The molecule has 2 fully saturated rings. The highest BCUT2D eigenvalue weighted by Crippen LogP contribution is 2.22. The molecule has 1 amide bonds. The number of methoxy groups -OCH3 is 1. The number of carbonyl (C=O) groups is 1. The van der Waals surface area contributed by atoms with Crippen molar-refractivity contribution in [1.82, 2.24) is 14.7 Å². The lowest BCUT2D eigenvalue weighted by Gasteiger charge is -2.39. The first-order chi connectivity index (χ1) is 16.6. The number of aryl methyl sites for hydroxylation is 1. The molecule has 2 aliphatic heterocycles. The van der Waals surface area contributed by atoms with E-state index < -0.39 is 0 Å². The molecule has 184 valence electrons. The SMILES string of the molecule is COc1ccc(CC(=O)N(Cc2ccc(C)cc2)C2CCN(CCN3CCOCC3)CC2)cc1. The lowest BCUT2D eigenvalue weighted by atomic mass is 10.0. The largest absolute Gasteiger partial charge is 0.497 e. The van der Waals surface area contributed by atoms with Crippen LogP contribution in [0.1, 0.15) is 29.5 Å². The number of ether oxygens (including phenoxy) is 2. The van der Waals surface area contributed by atoms with E-state index >= 15 is 0 Å². The number of morpholine rings is 1. The fraction of sp³-hybridized carbons (Fsp3) is 0.536. The van der Waals surface area contributed by atoms with Crippen molar-refractivity contribution in [2.45, 2.75) is 38.8 Å². The van der Waals surface area contributed by atoms with Crippen LogP contribution in [0, 0.1) is 6.92 Å². The van der Waals surface area contributed by atoms with Crippen molar-refractivity contribution in [1.29, 1.82) is 0 Å². The van der Waals surface area contributed by atoms with Crippen molar-refractivity contribution < 1.29 is 14.3 Å². The zero-order chi connectivity index (χ0) is 23.8. The summed E-state index contributed by atoms with van der Waals surface area (Å²) in [5.41, 5.74) is 3.47. The van der Waals surface area contributed by atoms with Gasteiger partial charge in [-0.2, -0.15) is 0 Å². The first kappa shape index (κ1) is 24.7. The van der Waals surface area contributed by atoms with E-state index in [-0.39, 0.29) is 11.9 Å². The van der Waals surface area contributed by atoms with E-state index in [0.717, 1.165) is 76.6 Å². The Morgan fingerprint density at radius 2 is 1.50 bits per heavy atom. The molecule has 0 aromatic heterocycles. The van der Waals surface area contributed by atoms with Gasteiger partial charge in [0, 0.05) is 51.9 Å². The van der Waals surface area contributed by atoms with Crippen molar-refractivity contribution in [3.05, 3.63) is 65.2 Å². The van der Waals surface area contributed by atoms with E-state index in [1.165, 1.54) is 11.1 Å². The molecular formula is C28H39N3O3. The summed E-state index contributed by atoms with van der Waals surface area (Å²) in [4.78, 5) is 20.7. The summed E-state index contributed by atoms with van der Waals surface area (Å²) in [6.45, 7) is 10.9. The number of likely N-dealkylation sites (tertiary alicyclic amines) is 1. The van der Waals surface area contributed by atoms with Gasteiger partial charge in [0.05, 0.1) is 26.7 Å². The van der Waals surface area contributed by atoms with E-state index in [1.807, 2.05) is 24.3 Å². The van der Waals surface area contributed by atoms with E-state index in [9.17, 15) is 4.79 Å². The van der Waals surface area contributed by atoms with Crippen LogP contribution >= 0.6 is 0 Å². The van der Waals surface area contributed by atoms with Crippen LogP contribution in [0.5, 0.6) is 5.75 Å². The summed E-state index contributed by atoms with van der Waals surface area (Å²) in [6.07, 6.45) is 2.49. The number of hydrogen-bond acceptors (Lipinski definition) is 5. The van der Waals surface area contributed by atoms with Gasteiger partial charge in [0.15, 0.2) is 0 Å².